The van der Waals surface area contributed by atoms with Gasteiger partial charge in [0.1, 0.15) is 0 Å². The summed E-state index contributed by atoms with van der Waals surface area (Å²) in [6, 6.07) is 7.39. The van der Waals surface area contributed by atoms with E-state index in [-0.39, 0.29) is 11.8 Å². The molecule has 0 radical (unpaired) electrons. The van der Waals surface area contributed by atoms with E-state index in [1.165, 1.54) is 0 Å². The van der Waals surface area contributed by atoms with Crippen molar-refractivity contribution in [2.24, 2.45) is 5.92 Å². The zero-order valence-corrected chi connectivity index (χ0v) is 17.0. The highest BCUT2D eigenvalue weighted by Gasteiger charge is 2.25. The second-order valence-corrected chi connectivity index (χ2v) is 7.35. The minimum atomic E-state index is 0.0769. The van der Waals surface area contributed by atoms with Gasteiger partial charge in [0, 0.05) is 36.3 Å². The SMILES string of the molecule is CCOCCCNC(=O)C1CCN(Cc2nc(-c3cccc(Cl)c3)no2)CC1. The summed E-state index contributed by atoms with van der Waals surface area (Å²) in [5.41, 5.74) is 0.835. The van der Waals surface area contributed by atoms with Crippen molar-refractivity contribution < 1.29 is 14.1 Å². The van der Waals surface area contributed by atoms with Crippen LogP contribution in [0.15, 0.2) is 28.8 Å². The van der Waals surface area contributed by atoms with Crippen LogP contribution in [0.5, 0.6) is 0 Å². The van der Waals surface area contributed by atoms with Gasteiger partial charge in [0.2, 0.25) is 17.6 Å². The lowest BCUT2D eigenvalue weighted by Crippen LogP contribution is -2.40. The molecule has 0 atom stereocenters. The van der Waals surface area contributed by atoms with Crippen LogP contribution in [0.25, 0.3) is 11.4 Å². The van der Waals surface area contributed by atoms with Crippen molar-refractivity contribution in [1.29, 1.82) is 0 Å². The molecule has 0 unspecified atom stereocenters. The number of halogens is 1. The third-order valence-corrected chi connectivity index (χ3v) is 5.07. The average molecular weight is 407 g/mol. The van der Waals surface area contributed by atoms with E-state index in [2.05, 4.69) is 20.4 Å². The van der Waals surface area contributed by atoms with Crippen LogP contribution in [0.1, 0.15) is 32.1 Å². The van der Waals surface area contributed by atoms with Crippen molar-refractivity contribution in [2.75, 3.05) is 32.8 Å². The molecule has 2 aromatic rings. The number of rotatable bonds is 9. The van der Waals surface area contributed by atoms with Gasteiger partial charge in [0.05, 0.1) is 6.54 Å². The van der Waals surface area contributed by atoms with Gasteiger partial charge in [0.15, 0.2) is 0 Å². The quantitative estimate of drug-likeness (QED) is 0.644. The molecule has 1 N–H and O–H groups in total. The first-order valence-electron chi connectivity index (χ1n) is 9.82. The van der Waals surface area contributed by atoms with Crippen LogP contribution in [-0.2, 0) is 16.1 Å². The highest BCUT2D eigenvalue weighted by Crippen LogP contribution is 2.22. The zero-order valence-electron chi connectivity index (χ0n) is 16.2. The van der Waals surface area contributed by atoms with E-state index < -0.39 is 0 Å². The van der Waals surface area contributed by atoms with Gasteiger partial charge in [0.25, 0.3) is 0 Å². The number of carbonyl (C=O) groups excluding carboxylic acids is 1. The van der Waals surface area contributed by atoms with Gasteiger partial charge in [-0.15, -0.1) is 0 Å². The molecule has 3 rings (SSSR count). The highest BCUT2D eigenvalue weighted by molar-refractivity contribution is 6.30. The van der Waals surface area contributed by atoms with Crippen molar-refractivity contribution >= 4 is 17.5 Å². The van der Waals surface area contributed by atoms with Gasteiger partial charge in [-0.2, -0.15) is 4.98 Å². The number of ether oxygens (including phenoxy) is 1. The summed E-state index contributed by atoms with van der Waals surface area (Å²) in [5, 5.41) is 7.70. The second kappa shape index (κ2) is 10.5. The van der Waals surface area contributed by atoms with E-state index in [4.69, 9.17) is 20.9 Å². The Morgan fingerprint density at radius 2 is 2.21 bits per heavy atom. The molecule has 7 nitrogen and oxygen atoms in total. The number of amides is 1. The predicted octanol–water partition coefficient (Wildman–Crippen LogP) is 3.14. The lowest BCUT2D eigenvalue weighted by atomic mass is 9.96. The number of hydrogen-bond acceptors (Lipinski definition) is 6. The number of benzene rings is 1. The van der Waals surface area contributed by atoms with Crippen LogP contribution in [0.3, 0.4) is 0 Å². The van der Waals surface area contributed by atoms with Crippen LogP contribution >= 0.6 is 11.6 Å². The number of nitrogens with zero attached hydrogens (tertiary/aromatic N) is 3. The lowest BCUT2D eigenvalue weighted by molar-refractivity contribution is -0.126. The summed E-state index contributed by atoms with van der Waals surface area (Å²) < 4.78 is 10.7. The van der Waals surface area contributed by atoms with Crippen molar-refractivity contribution in [3.63, 3.8) is 0 Å². The molecule has 0 aliphatic carbocycles. The third kappa shape index (κ3) is 6.02. The van der Waals surface area contributed by atoms with E-state index in [1.807, 2.05) is 31.2 Å². The maximum absolute atomic E-state index is 12.3. The number of nitrogens with one attached hydrogen (secondary N) is 1. The van der Waals surface area contributed by atoms with Crippen LogP contribution in [-0.4, -0.2) is 53.8 Å². The summed E-state index contributed by atoms with van der Waals surface area (Å²) in [5.74, 6) is 1.35. The van der Waals surface area contributed by atoms with Gasteiger partial charge >= 0.3 is 0 Å². The molecule has 0 saturated carbocycles. The Hall–Kier alpha value is -1.96. The molecule has 8 heteroatoms. The summed E-state index contributed by atoms with van der Waals surface area (Å²) in [6.45, 7) is 6.32. The summed E-state index contributed by atoms with van der Waals surface area (Å²) in [4.78, 5) is 19.0. The van der Waals surface area contributed by atoms with Gasteiger partial charge in [-0.3, -0.25) is 9.69 Å². The number of aromatic nitrogens is 2. The molecule has 0 bridgehead atoms. The Morgan fingerprint density at radius 3 is 2.96 bits per heavy atom. The molecule has 1 aromatic carbocycles. The molecule has 1 saturated heterocycles. The van der Waals surface area contributed by atoms with Crippen LogP contribution in [0, 0.1) is 5.92 Å². The first-order valence-corrected chi connectivity index (χ1v) is 10.2. The molecular weight excluding hydrogens is 380 g/mol. The molecule has 1 aliphatic rings. The molecule has 1 amide bonds. The zero-order chi connectivity index (χ0) is 19.8. The van der Waals surface area contributed by atoms with Crippen LogP contribution < -0.4 is 5.32 Å². The van der Waals surface area contributed by atoms with Gasteiger partial charge in [-0.05, 0) is 51.4 Å². The Balaban J connectivity index is 1.41. The topological polar surface area (TPSA) is 80.5 Å². The van der Waals surface area contributed by atoms with Crippen molar-refractivity contribution in [2.45, 2.75) is 32.7 Å². The van der Waals surface area contributed by atoms with Crippen LogP contribution in [0.4, 0.5) is 0 Å². The van der Waals surface area contributed by atoms with Crippen LogP contribution in [0.2, 0.25) is 5.02 Å². The largest absolute Gasteiger partial charge is 0.382 e. The highest BCUT2D eigenvalue weighted by atomic mass is 35.5. The summed E-state index contributed by atoms with van der Waals surface area (Å²) in [7, 11) is 0. The van der Waals surface area contributed by atoms with Crippen molar-refractivity contribution in [3.8, 4) is 11.4 Å². The Labute approximate surface area is 170 Å². The summed E-state index contributed by atoms with van der Waals surface area (Å²) >= 11 is 6.02. The van der Waals surface area contributed by atoms with E-state index in [0.717, 1.165) is 37.9 Å². The Kier molecular flexibility index (Phi) is 7.82. The molecule has 152 valence electrons. The Morgan fingerprint density at radius 1 is 1.39 bits per heavy atom. The van der Waals surface area contributed by atoms with Crippen molar-refractivity contribution in [1.82, 2.24) is 20.4 Å². The van der Waals surface area contributed by atoms with Gasteiger partial charge in [-0.25, -0.2) is 0 Å². The summed E-state index contributed by atoms with van der Waals surface area (Å²) in [6.07, 6.45) is 2.53. The van der Waals surface area contributed by atoms with E-state index in [9.17, 15) is 4.79 Å². The second-order valence-electron chi connectivity index (χ2n) is 6.91. The predicted molar refractivity (Wildman–Crippen MR) is 107 cm³/mol. The monoisotopic (exact) mass is 406 g/mol. The molecule has 0 spiro atoms. The Bertz CT molecular complexity index is 759. The standard InChI is InChI=1S/C20H27ClN4O3/c1-2-27-12-4-9-22-20(26)15-7-10-25(11-8-15)14-18-23-19(24-28-18)16-5-3-6-17(21)13-16/h3,5-6,13,15H,2,4,7-12,14H2,1H3,(H,22,26). The number of hydrogen-bond donors (Lipinski definition) is 1. The minimum absolute atomic E-state index is 0.0769. The minimum Gasteiger partial charge on any atom is -0.382 e. The van der Waals surface area contributed by atoms with Crippen molar-refractivity contribution in [3.05, 3.63) is 35.2 Å². The maximum Gasteiger partial charge on any atom is 0.241 e. The molecule has 1 aromatic heterocycles. The molecular formula is C20H27ClN4O3. The average Bonchev–Trinajstić information content (AvgIpc) is 3.17. The molecule has 28 heavy (non-hydrogen) atoms. The number of likely N-dealkylation sites (tertiary alicyclic amines) is 1. The first-order chi connectivity index (χ1) is 13.7. The molecule has 1 aliphatic heterocycles. The third-order valence-electron chi connectivity index (χ3n) is 4.84. The fourth-order valence-electron chi connectivity index (χ4n) is 3.28. The fraction of sp³-hybridized carbons (Fsp3) is 0.550. The molecule has 1 fully saturated rings. The maximum atomic E-state index is 12.3. The number of carbonyl (C=O) groups is 1. The number of piperidine rings is 1. The lowest BCUT2D eigenvalue weighted by Gasteiger charge is -2.30. The van der Waals surface area contributed by atoms with E-state index in [1.54, 1.807) is 0 Å². The fourth-order valence-corrected chi connectivity index (χ4v) is 3.47. The first kappa shape index (κ1) is 20.8. The normalized spacial score (nSPS) is 15.6. The van der Waals surface area contributed by atoms with E-state index >= 15 is 0 Å². The smallest absolute Gasteiger partial charge is 0.241 e. The van der Waals surface area contributed by atoms with Gasteiger partial charge in [-0.1, -0.05) is 28.9 Å². The van der Waals surface area contributed by atoms with E-state index in [0.29, 0.717) is 43.0 Å². The molecule has 2 heterocycles. The van der Waals surface area contributed by atoms with Gasteiger partial charge < -0.3 is 14.6 Å².